The first kappa shape index (κ1) is 20.8. The maximum absolute atomic E-state index is 12.2. The van der Waals surface area contributed by atoms with Gasteiger partial charge in [0.05, 0.1) is 23.8 Å². The highest BCUT2D eigenvalue weighted by Crippen LogP contribution is 2.24. The van der Waals surface area contributed by atoms with Crippen LogP contribution in [0.15, 0.2) is 36.4 Å². The largest absolute Gasteiger partial charge is 0.492 e. The van der Waals surface area contributed by atoms with Crippen LogP contribution in [0.4, 0.5) is 11.4 Å². The average Bonchev–Trinajstić information content (AvgIpc) is 2.60. The fourth-order valence-corrected chi connectivity index (χ4v) is 3.44. The Morgan fingerprint density at radius 3 is 2.19 bits per heavy atom. The van der Waals surface area contributed by atoms with Crippen molar-refractivity contribution in [3.05, 3.63) is 53.1 Å². The summed E-state index contributed by atoms with van der Waals surface area (Å²) in [5.41, 5.74) is 4.73. The summed E-state index contributed by atoms with van der Waals surface area (Å²) >= 11 is 1.28. The molecule has 27 heavy (non-hydrogen) atoms. The first-order valence-electron chi connectivity index (χ1n) is 8.87. The lowest BCUT2D eigenvalue weighted by Crippen LogP contribution is -2.19. The number of benzene rings is 2. The van der Waals surface area contributed by atoms with Crippen LogP contribution in [0.1, 0.15) is 23.6 Å². The van der Waals surface area contributed by atoms with Gasteiger partial charge in [-0.15, -0.1) is 11.8 Å². The molecule has 0 radical (unpaired) electrons. The number of nitrogens with one attached hydrogen (secondary N) is 2. The predicted molar refractivity (Wildman–Crippen MR) is 113 cm³/mol. The lowest BCUT2D eigenvalue weighted by atomic mass is 10.1. The number of hydrogen-bond acceptors (Lipinski definition) is 4. The first-order valence-corrected chi connectivity index (χ1v) is 10.0. The molecule has 0 aliphatic heterocycles. The average molecular weight is 387 g/mol. The molecule has 0 heterocycles. The fraction of sp³-hybridized carbons (Fsp3) is 0.333. The van der Waals surface area contributed by atoms with Crippen LogP contribution in [0.2, 0.25) is 0 Å². The van der Waals surface area contributed by atoms with Gasteiger partial charge >= 0.3 is 0 Å². The topological polar surface area (TPSA) is 67.4 Å². The van der Waals surface area contributed by atoms with Crippen LogP contribution in [0.25, 0.3) is 0 Å². The zero-order valence-corrected chi connectivity index (χ0v) is 17.0. The summed E-state index contributed by atoms with van der Waals surface area (Å²) in [6.07, 6.45) is 0. The van der Waals surface area contributed by atoms with Gasteiger partial charge in [0.15, 0.2) is 0 Å². The van der Waals surface area contributed by atoms with Crippen LogP contribution in [0.5, 0.6) is 5.75 Å². The van der Waals surface area contributed by atoms with Crippen molar-refractivity contribution in [2.75, 3.05) is 28.7 Å². The summed E-state index contributed by atoms with van der Waals surface area (Å²) in [6, 6.07) is 11.4. The van der Waals surface area contributed by atoms with Crippen molar-refractivity contribution in [2.45, 2.75) is 27.7 Å². The number of amides is 2. The molecule has 0 spiro atoms. The Balaban J connectivity index is 1.82. The normalized spacial score (nSPS) is 10.4. The summed E-state index contributed by atoms with van der Waals surface area (Å²) in [6.45, 7) is 8.41. The molecule has 2 aromatic rings. The SMILES string of the molecule is CCOc1ccccc1NC(=O)CSCC(=O)Nc1c(C)cc(C)cc1C. The monoisotopic (exact) mass is 386 g/mol. The minimum absolute atomic E-state index is 0.113. The van der Waals surface area contributed by atoms with Crippen LogP contribution < -0.4 is 15.4 Å². The minimum atomic E-state index is -0.164. The van der Waals surface area contributed by atoms with E-state index in [4.69, 9.17) is 4.74 Å². The van der Waals surface area contributed by atoms with Gasteiger partial charge in [-0.3, -0.25) is 9.59 Å². The van der Waals surface area contributed by atoms with Crippen LogP contribution in [-0.2, 0) is 9.59 Å². The second kappa shape index (κ2) is 10.0. The van der Waals surface area contributed by atoms with Gasteiger partial charge in [0.25, 0.3) is 0 Å². The van der Waals surface area contributed by atoms with Crippen molar-refractivity contribution < 1.29 is 14.3 Å². The molecule has 5 nitrogen and oxygen atoms in total. The molecule has 144 valence electrons. The van der Waals surface area contributed by atoms with Crippen LogP contribution >= 0.6 is 11.8 Å². The summed E-state index contributed by atoms with van der Waals surface area (Å²) in [7, 11) is 0. The van der Waals surface area contributed by atoms with Gasteiger partial charge in [0, 0.05) is 5.69 Å². The summed E-state index contributed by atoms with van der Waals surface area (Å²) in [5.74, 6) is 0.772. The second-order valence-electron chi connectivity index (χ2n) is 6.29. The Labute approximate surface area is 164 Å². The Bertz CT molecular complexity index is 798. The molecule has 6 heteroatoms. The van der Waals surface area contributed by atoms with Crippen LogP contribution in [-0.4, -0.2) is 29.9 Å². The minimum Gasteiger partial charge on any atom is -0.492 e. The molecule has 2 N–H and O–H groups in total. The quantitative estimate of drug-likeness (QED) is 0.709. The molecule has 0 unspecified atom stereocenters. The van der Waals surface area contributed by atoms with E-state index >= 15 is 0 Å². The van der Waals surface area contributed by atoms with Gasteiger partial charge in [-0.05, 0) is 51.0 Å². The lowest BCUT2D eigenvalue weighted by Gasteiger charge is -2.13. The number of hydrogen-bond donors (Lipinski definition) is 2. The van der Waals surface area contributed by atoms with Crippen molar-refractivity contribution in [3.8, 4) is 5.75 Å². The lowest BCUT2D eigenvalue weighted by molar-refractivity contribution is -0.114. The van der Waals surface area contributed by atoms with E-state index in [9.17, 15) is 9.59 Å². The molecule has 0 fully saturated rings. The van der Waals surface area contributed by atoms with E-state index in [-0.39, 0.29) is 23.3 Å². The Kier molecular flexibility index (Phi) is 7.73. The van der Waals surface area contributed by atoms with E-state index < -0.39 is 0 Å². The number of carbonyl (C=O) groups is 2. The van der Waals surface area contributed by atoms with Crippen molar-refractivity contribution in [1.82, 2.24) is 0 Å². The third-order valence-electron chi connectivity index (χ3n) is 3.87. The standard InChI is InChI=1S/C21H26N2O3S/c1-5-26-18-9-7-6-8-17(18)22-19(24)12-27-13-20(25)23-21-15(3)10-14(2)11-16(21)4/h6-11H,5,12-13H2,1-4H3,(H,22,24)(H,23,25). The van der Waals surface area contributed by atoms with E-state index in [1.165, 1.54) is 17.3 Å². The number of para-hydroxylation sites is 2. The van der Waals surface area contributed by atoms with Crippen molar-refractivity contribution >= 4 is 35.0 Å². The highest BCUT2D eigenvalue weighted by atomic mass is 32.2. The number of anilines is 2. The third kappa shape index (κ3) is 6.32. The predicted octanol–water partition coefficient (Wildman–Crippen LogP) is 4.32. The number of thioether (sulfide) groups is 1. The third-order valence-corrected chi connectivity index (χ3v) is 4.80. The van der Waals surface area contributed by atoms with Crippen LogP contribution in [0.3, 0.4) is 0 Å². The van der Waals surface area contributed by atoms with Gasteiger partial charge in [-0.1, -0.05) is 29.8 Å². The summed E-state index contributed by atoms with van der Waals surface area (Å²) in [5, 5.41) is 5.77. The molecule has 0 saturated carbocycles. The summed E-state index contributed by atoms with van der Waals surface area (Å²) < 4.78 is 5.49. The molecule has 0 bridgehead atoms. The van der Waals surface area contributed by atoms with Crippen molar-refractivity contribution in [3.63, 3.8) is 0 Å². The molecule has 0 aliphatic carbocycles. The van der Waals surface area contributed by atoms with E-state index in [1.54, 1.807) is 6.07 Å². The van der Waals surface area contributed by atoms with E-state index in [0.29, 0.717) is 18.0 Å². The highest BCUT2D eigenvalue weighted by molar-refractivity contribution is 8.00. The zero-order chi connectivity index (χ0) is 19.8. The maximum atomic E-state index is 12.2. The van der Waals surface area contributed by atoms with Gasteiger partial charge in [-0.2, -0.15) is 0 Å². The molecular weight excluding hydrogens is 360 g/mol. The number of ether oxygens (including phenoxy) is 1. The molecule has 2 aromatic carbocycles. The van der Waals surface area contributed by atoms with E-state index in [1.807, 2.05) is 58.0 Å². The molecule has 0 aromatic heterocycles. The number of aryl methyl sites for hydroxylation is 3. The molecule has 0 atom stereocenters. The number of carbonyl (C=O) groups excluding carboxylic acids is 2. The Morgan fingerprint density at radius 2 is 1.56 bits per heavy atom. The smallest absolute Gasteiger partial charge is 0.234 e. The van der Waals surface area contributed by atoms with Crippen molar-refractivity contribution in [1.29, 1.82) is 0 Å². The second-order valence-corrected chi connectivity index (χ2v) is 7.28. The number of rotatable bonds is 8. The Morgan fingerprint density at radius 1 is 0.963 bits per heavy atom. The maximum Gasteiger partial charge on any atom is 0.234 e. The van der Waals surface area contributed by atoms with Gasteiger partial charge in [-0.25, -0.2) is 0 Å². The molecular formula is C21H26N2O3S. The zero-order valence-electron chi connectivity index (χ0n) is 16.2. The molecule has 2 rings (SSSR count). The summed E-state index contributed by atoms with van der Waals surface area (Å²) in [4.78, 5) is 24.3. The van der Waals surface area contributed by atoms with E-state index in [2.05, 4.69) is 10.6 Å². The van der Waals surface area contributed by atoms with Crippen molar-refractivity contribution in [2.24, 2.45) is 0 Å². The fourth-order valence-electron chi connectivity index (χ4n) is 2.83. The van der Waals surface area contributed by atoms with Gasteiger partial charge < -0.3 is 15.4 Å². The van der Waals surface area contributed by atoms with Crippen LogP contribution in [0, 0.1) is 20.8 Å². The first-order chi connectivity index (χ1) is 12.9. The highest BCUT2D eigenvalue weighted by Gasteiger charge is 2.11. The molecule has 0 saturated heterocycles. The van der Waals surface area contributed by atoms with Gasteiger partial charge in [0.2, 0.25) is 11.8 Å². The van der Waals surface area contributed by atoms with Gasteiger partial charge in [0.1, 0.15) is 5.75 Å². The molecule has 2 amide bonds. The van der Waals surface area contributed by atoms with E-state index in [0.717, 1.165) is 16.8 Å². The molecule has 0 aliphatic rings. The Hall–Kier alpha value is -2.47.